The Hall–Kier alpha value is -1.45. The quantitative estimate of drug-likeness (QED) is 0.824. The van der Waals surface area contributed by atoms with Crippen LogP contribution in [0.5, 0.6) is 0 Å². The van der Waals surface area contributed by atoms with Gasteiger partial charge in [0.15, 0.2) is 0 Å². The Bertz CT molecular complexity index is 614. The van der Waals surface area contributed by atoms with E-state index in [-0.39, 0.29) is 0 Å². The lowest BCUT2D eigenvalue weighted by atomic mass is 10.0. The minimum Gasteiger partial charge on any atom is -0.393 e. The van der Waals surface area contributed by atoms with Gasteiger partial charge >= 0.3 is 0 Å². The van der Waals surface area contributed by atoms with Gasteiger partial charge in [0.25, 0.3) is 0 Å². The Morgan fingerprint density at radius 1 is 1.15 bits per heavy atom. The summed E-state index contributed by atoms with van der Waals surface area (Å²) in [5, 5.41) is 2.67. The molecule has 20 heavy (non-hydrogen) atoms. The minimum absolute atomic E-state index is 0.619. The van der Waals surface area contributed by atoms with Crippen LogP contribution in [0.4, 0.5) is 0 Å². The van der Waals surface area contributed by atoms with Crippen molar-refractivity contribution in [3.63, 3.8) is 0 Å². The first kappa shape index (κ1) is 13.5. The van der Waals surface area contributed by atoms with Crippen molar-refractivity contribution in [1.29, 1.82) is 0 Å². The highest BCUT2D eigenvalue weighted by atomic mass is 32.1. The van der Waals surface area contributed by atoms with Gasteiger partial charge in [0.1, 0.15) is 0 Å². The average Bonchev–Trinajstić information content (AvgIpc) is 3.28. The maximum absolute atomic E-state index is 5.65. The van der Waals surface area contributed by atoms with Crippen molar-refractivity contribution in [2.24, 2.45) is 5.73 Å². The van der Waals surface area contributed by atoms with Gasteiger partial charge < -0.3 is 5.73 Å². The standard InChI is InChI=1S/C17H20N2S/c18-17(20)10-11-19(15-8-9-15)12-14-6-3-5-13-4-1-2-7-16(13)14/h1-7,15H,8-12H2,(H2,18,20). The van der Waals surface area contributed by atoms with Gasteiger partial charge in [-0.25, -0.2) is 0 Å². The number of hydrogen-bond donors (Lipinski definition) is 1. The van der Waals surface area contributed by atoms with Crippen LogP contribution in [-0.4, -0.2) is 22.5 Å². The SMILES string of the molecule is NC(=S)CCN(Cc1cccc2ccccc12)C1CC1. The molecule has 2 N–H and O–H groups in total. The predicted molar refractivity (Wildman–Crippen MR) is 88.8 cm³/mol. The van der Waals surface area contributed by atoms with Crippen molar-refractivity contribution in [3.05, 3.63) is 48.0 Å². The van der Waals surface area contributed by atoms with Gasteiger partial charge in [0.05, 0.1) is 4.99 Å². The number of nitrogens with two attached hydrogens (primary N) is 1. The first-order chi connectivity index (χ1) is 9.74. The fourth-order valence-electron chi connectivity index (χ4n) is 2.73. The zero-order valence-corrected chi connectivity index (χ0v) is 12.4. The maximum atomic E-state index is 5.65. The Labute approximate surface area is 125 Å². The van der Waals surface area contributed by atoms with Crippen LogP contribution in [0.3, 0.4) is 0 Å². The van der Waals surface area contributed by atoms with Crippen LogP contribution in [0.15, 0.2) is 42.5 Å². The topological polar surface area (TPSA) is 29.3 Å². The molecule has 2 aromatic rings. The van der Waals surface area contributed by atoms with Gasteiger partial charge in [-0.15, -0.1) is 0 Å². The molecule has 1 aliphatic carbocycles. The Kier molecular flexibility index (Phi) is 3.99. The Morgan fingerprint density at radius 2 is 1.90 bits per heavy atom. The van der Waals surface area contributed by atoms with Gasteiger partial charge in [0, 0.05) is 25.6 Å². The third kappa shape index (κ3) is 3.17. The second-order valence-corrected chi connectivity index (χ2v) is 6.08. The van der Waals surface area contributed by atoms with Crippen LogP contribution >= 0.6 is 12.2 Å². The van der Waals surface area contributed by atoms with Crippen LogP contribution in [0.2, 0.25) is 0 Å². The summed E-state index contributed by atoms with van der Waals surface area (Å²) in [7, 11) is 0. The van der Waals surface area contributed by atoms with E-state index in [1.807, 2.05) is 0 Å². The second-order valence-electron chi connectivity index (χ2n) is 5.56. The molecule has 0 bridgehead atoms. The van der Waals surface area contributed by atoms with Gasteiger partial charge in [-0.1, -0.05) is 54.7 Å². The lowest BCUT2D eigenvalue weighted by molar-refractivity contribution is 0.263. The zero-order valence-electron chi connectivity index (χ0n) is 11.6. The van der Waals surface area contributed by atoms with E-state index in [1.54, 1.807) is 0 Å². The molecule has 1 fully saturated rings. The molecular formula is C17H20N2S. The molecule has 0 aromatic heterocycles. The second kappa shape index (κ2) is 5.90. The van der Waals surface area contributed by atoms with Crippen molar-refractivity contribution in [1.82, 2.24) is 4.90 Å². The maximum Gasteiger partial charge on any atom is 0.0740 e. The van der Waals surface area contributed by atoms with E-state index in [4.69, 9.17) is 18.0 Å². The fraction of sp³-hybridized carbons (Fsp3) is 0.353. The number of rotatable bonds is 6. The Balaban J connectivity index is 1.81. The van der Waals surface area contributed by atoms with Crippen molar-refractivity contribution in [2.75, 3.05) is 6.54 Å². The predicted octanol–water partition coefficient (Wildman–Crippen LogP) is 3.48. The van der Waals surface area contributed by atoms with E-state index >= 15 is 0 Å². The molecule has 3 heteroatoms. The molecule has 0 unspecified atom stereocenters. The number of nitrogens with zero attached hydrogens (tertiary/aromatic N) is 1. The largest absolute Gasteiger partial charge is 0.393 e. The summed E-state index contributed by atoms with van der Waals surface area (Å²) in [6.07, 6.45) is 3.43. The highest BCUT2D eigenvalue weighted by Crippen LogP contribution is 2.30. The lowest BCUT2D eigenvalue weighted by Gasteiger charge is -2.22. The monoisotopic (exact) mass is 284 g/mol. The molecule has 0 aliphatic heterocycles. The first-order valence-corrected chi connectivity index (χ1v) is 7.64. The van der Waals surface area contributed by atoms with Gasteiger partial charge in [0.2, 0.25) is 0 Å². The van der Waals surface area contributed by atoms with Crippen molar-refractivity contribution < 1.29 is 0 Å². The summed E-state index contributed by atoms with van der Waals surface area (Å²) in [4.78, 5) is 3.15. The summed E-state index contributed by atoms with van der Waals surface area (Å²) in [6.45, 7) is 1.97. The molecule has 0 amide bonds. The normalized spacial score (nSPS) is 14.8. The minimum atomic E-state index is 0.619. The molecule has 0 heterocycles. The molecule has 0 atom stereocenters. The van der Waals surface area contributed by atoms with E-state index in [9.17, 15) is 0 Å². The first-order valence-electron chi connectivity index (χ1n) is 7.23. The van der Waals surface area contributed by atoms with Crippen molar-refractivity contribution >= 4 is 28.0 Å². The highest BCUT2D eigenvalue weighted by Gasteiger charge is 2.28. The number of thiocarbonyl (C=S) groups is 1. The van der Waals surface area contributed by atoms with Crippen LogP contribution in [0.1, 0.15) is 24.8 Å². The van der Waals surface area contributed by atoms with E-state index < -0.39 is 0 Å². The number of benzene rings is 2. The van der Waals surface area contributed by atoms with Crippen LogP contribution in [0.25, 0.3) is 10.8 Å². The van der Waals surface area contributed by atoms with E-state index in [2.05, 4.69) is 47.4 Å². The summed E-state index contributed by atoms with van der Waals surface area (Å²) in [6, 6.07) is 15.9. The van der Waals surface area contributed by atoms with Crippen LogP contribution < -0.4 is 5.73 Å². The summed E-state index contributed by atoms with van der Waals surface area (Å²) in [5.74, 6) is 0. The third-order valence-electron chi connectivity index (χ3n) is 3.96. The Morgan fingerprint density at radius 3 is 2.65 bits per heavy atom. The summed E-state index contributed by atoms with van der Waals surface area (Å²) in [5.41, 5.74) is 7.05. The molecule has 104 valence electrons. The summed E-state index contributed by atoms with van der Waals surface area (Å²) < 4.78 is 0. The lowest BCUT2D eigenvalue weighted by Crippen LogP contribution is -2.29. The molecule has 1 saturated carbocycles. The van der Waals surface area contributed by atoms with Crippen LogP contribution in [0, 0.1) is 0 Å². The number of hydrogen-bond acceptors (Lipinski definition) is 2. The summed E-state index contributed by atoms with van der Waals surface area (Å²) >= 11 is 5.01. The number of fused-ring (bicyclic) bond motifs is 1. The fourth-order valence-corrected chi connectivity index (χ4v) is 2.82. The van der Waals surface area contributed by atoms with E-state index in [1.165, 1.54) is 29.2 Å². The molecule has 2 aromatic carbocycles. The van der Waals surface area contributed by atoms with Gasteiger partial charge in [-0.05, 0) is 29.2 Å². The van der Waals surface area contributed by atoms with Gasteiger partial charge in [-0.2, -0.15) is 0 Å². The third-order valence-corrected chi connectivity index (χ3v) is 4.17. The zero-order chi connectivity index (χ0) is 13.9. The molecule has 0 saturated heterocycles. The van der Waals surface area contributed by atoms with E-state index in [0.29, 0.717) is 4.99 Å². The van der Waals surface area contributed by atoms with E-state index in [0.717, 1.165) is 25.6 Å². The average molecular weight is 284 g/mol. The van der Waals surface area contributed by atoms with Gasteiger partial charge in [-0.3, -0.25) is 4.90 Å². The molecule has 0 spiro atoms. The molecular weight excluding hydrogens is 264 g/mol. The molecule has 2 nitrogen and oxygen atoms in total. The van der Waals surface area contributed by atoms with Crippen molar-refractivity contribution in [2.45, 2.75) is 31.8 Å². The highest BCUT2D eigenvalue weighted by molar-refractivity contribution is 7.80. The molecule has 0 radical (unpaired) electrons. The van der Waals surface area contributed by atoms with Crippen molar-refractivity contribution in [3.8, 4) is 0 Å². The molecule has 3 rings (SSSR count). The smallest absolute Gasteiger partial charge is 0.0740 e. The molecule has 1 aliphatic rings. The van der Waals surface area contributed by atoms with Crippen LogP contribution in [-0.2, 0) is 6.54 Å².